The smallest absolute Gasteiger partial charge is 0.226 e. The van der Waals surface area contributed by atoms with Crippen LogP contribution in [0.3, 0.4) is 0 Å². The number of rotatable bonds is 4. The van der Waals surface area contributed by atoms with Gasteiger partial charge in [-0.1, -0.05) is 0 Å². The van der Waals surface area contributed by atoms with E-state index in [0.717, 1.165) is 19.5 Å². The lowest BCUT2D eigenvalue weighted by Gasteiger charge is -2.24. The Labute approximate surface area is 136 Å². The molecule has 0 spiro atoms. The summed E-state index contributed by atoms with van der Waals surface area (Å²) in [6.07, 6.45) is 3.82. The minimum atomic E-state index is -0.287. The molecule has 0 aromatic heterocycles. The number of hydrogen-bond donors (Lipinski definition) is 1. The molecular weight excluding hydrogens is 307 g/mol. The first-order valence-electron chi connectivity index (χ1n) is 7.63. The number of nitrogens with zero attached hydrogens (tertiary/aromatic N) is 1. The lowest BCUT2D eigenvalue weighted by Crippen LogP contribution is -2.39. The number of fused-ring (bicyclic) bond motifs is 2. The monoisotopic (exact) mass is 328 g/mol. The minimum absolute atomic E-state index is 0. The summed E-state index contributed by atoms with van der Waals surface area (Å²) < 4.78 is 18.3. The standard InChI is InChI=1S/C16H21FN2O2.ClH/c17-12-1-5-15(6-2-12)21-10-8-16(20)19-9-7-13-3-4-14(11-19)18-13;/h1-2,5-6,13-14,18H,3-4,7-11H2;1H. The highest BCUT2D eigenvalue weighted by Gasteiger charge is 2.30. The Balaban J connectivity index is 0.00000176. The third kappa shape index (κ3) is 4.34. The Morgan fingerprint density at radius 3 is 2.73 bits per heavy atom. The molecular formula is C16H22ClFN2O2. The van der Waals surface area contributed by atoms with Gasteiger partial charge in [0.2, 0.25) is 5.91 Å². The van der Waals surface area contributed by atoms with Gasteiger partial charge in [-0.15, -0.1) is 12.4 Å². The number of benzene rings is 1. The van der Waals surface area contributed by atoms with Crippen molar-refractivity contribution in [3.63, 3.8) is 0 Å². The van der Waals surface area contributed by atoms with E-state index < -0.39 is 0 Å². The third-order valence-corrected chi connectivity index (χ3v) is 4.27. The van der Waals surface area contributed by atoms with Gasteiger partial charge >= 0.3 is 0 Å². The quantitative estimate of drug-likeness (QED) is 0.922. The highest BCUT2D eigenvalue weighted by molar-refractivity contribution is 5.85. The van der Waals surface area contributed by atoms with Gasteiger partial charge in [0, 0.05) is 25.2 Å². The van der Waals surface area contributed by atoms with Gasteiger partial charge in [-0.25, -0.2) is 4.39 Å². The number of likely N-dealkylation sites (tertiary alicyclic amines) is 1. The van der Waals surface area contributed by atoms with Crippen LogP contribution in [-0.2, 0) is 4.79 Å². The third-order valence-electron chi connectivity index (χ3n) is 4.27. The first kappa shape index (κ1) is 17.0. The fraction of sp³-hybridized carbons (Fsp3) is 0.562. The van der Waals surface area contributed by atoms with Gasteiger partial charge in [-0.05, 0) is 43.5 Å². The fourth-order valence-corrected chi connectivity index (χ4v) is 3.11. The van der Waals surface area contributed by atoms with E-state index in [4.69, 9.17) is 4.74 Å². The molecule has 2 aliphatic rings. The summed E-state index contributed by atoms with van der Waals surface area (Å²) >= 11 is 0. The Hall–Kier alpha value is -1.33. The molecule has 1 N–H and O–H groups in total. The van der Waals surface area contributed by atoms with Crippen molar-refractivity contribution < 1.29 is 13.9 Å². The van der Waals surface area contributed by atoms with E-state index in [9.17, 15) is 9.18 Å². The molecule has 2 atom stereocenters. The first-order chi connectivity index (χ1) is 10.2. The number of hydrogen-bond acceptors (Lipinski definition) is 3. The summed E-state index contributed by atoms with van der Waals surface area (Å²) in [5.74, 6) is 0.456. The summed E-state index contributed by atoms with van der Waals surface area (Å²) in [5.41, 5.74) is 0. The lowest BCUT2D eigenvalue weighted by atomic mass is 10.1. The molecule has 1 amide bonds. The van der Waals surface area contributed by atoms with Crippen LogP contribution in [0, 0.1) is 5.82 Å². The zero-order valence-corrected chi connectivity index (χ0v) is 13.3. The van der Waals surface area contributed by atoms with Gasteiger partial charge < -0.3 is 15.0 Å². The summed E-state index contributed by atoms with van der Waals surface area (Å²) in [4.78, 5) is 14.2. The maximum Gasteiger partial charge on any atom is 0.226 e. The molecule has 2 aliphatic heterocycles. The normalized spacial score (nSPS) is 23.6. The largest absolute Gasteiger partial charge is 0.493 e. The zero-order chi connectivity index (χ0) is 14.7. The molecule has 2 heterocycles. The van der Waals surface area contributed by atoms with Crippen LogP contribution in [-0.4, -0.2) is 42.6 Å². The van der Waals surface area contributed by atoms with E-state index in [1.165, 1.54) is 25.0 Å². The Morgan fingerprint density at radius 1 is 1.23 bits per heavy atom. The molecule has 22 heavy (non-hydrogen) atoms. The summed E-state index contributed by atoms with van der Waals surface area (Å²) in [6, 6.07) is 6.91. The second kappa shape index (κ2) is 7.79. The average molecular weight is 329 g/mol. The van der Waals surface area contributed by atoms with Crippen LogP contribution >= 0.6 is 12.4 Å². The van der Waals surface area contributed by atoms with Gasteiger partial charge in [-0.3, -0.25) is 4.79 Å². The predicted molar refractivity (Wildman–Crippen MR) is 84.9 cm³/mol. The van der Waals surface area contributed by atoms with Crippen LogP contribution in [0.4, 0.5) is 4.39 Å². The van der Waals surface area contributed by atoms with Crippen LogP contribution < -0.4 is 10.1 Å². The second-order valence-electron chi connectivity index (χ2n) is 5.82. The van der Waals surface area contributed by atoms with E-state index in [0.29, 0.717) is 30.9 Å². The summed E-state index contributed by atoms with van der Waals surface area (Å²) in [5, 5.41) is 3.56. The molecule has 122 valence electrons. The number of ether oxygens (including phenoxy) is 1. The number of amides is 1. The van der Waals surface area contributed by atoms with E-state index in [1.807, 2.05) is 4.90 Å². The van der Waals surface area contributed by atoms with Gasteiger partial charge in [0.05, 0.1) is 13.0 Å². The molecule has 1 aromatic rings. The van der Waals surface area contributed by atoms with Gasteiger partial charge in [0.25, 0.3) is 0 Å². The second-order valence-corrected chi connectivity index (χ2v) is 5.82. The Morgan fingerprint density at radius 2 is 1.95 bits per heavy atom. The molecule has 2 fully saturated rings. The molecule has 2 saturated heterocycles. The van der Waals surface area contributed by atoms with Gasteiger partial charge in [-0.2, -0.15) is 0 Å². The number of carbonyl (C=O) groups is 1. The average Bonchev–Trinajstić information content (AvgIpc) is 2.80. The van der Waals surface area contributed by atoms with E-state index in [2.05, 4.69) is 5.32 Å². The molecule has 2 bridgehead atoms. The SMILES string of the molecule is Cl.O=C(CCOc1ccc(F)cc1)N1CCC2CCC(C1)N2. The van der Waals surface area contributed by atoms with Crippen molar-refractivity contribution in [1.82, 2.24) is 10.2 Å². The van der Waals surface area contributed by atoms with Crippen molar-refractivity contribution in [2.45, 2.75) is 37.8 Å². The Bertz CT molecular complexity index is 497. The van der Waals surface area contributed by atoms with Gasteiger partial charge in [0.1, 0.15) is 11.6 Å². The van der Waals surface area contributed by atoms with Crippen LogP contribution in [0.15, 0.2) is 24.3 Å². The van der Waals surface area contributed by atoms with Crippen molar-refractivity contribution >= 4 is 18.3 Å². The predicted octanol–water partition coefficient (Wildman–Crippen LogP) is 2.37. The summed E-state index contributed by atoms with van der Waals surface area (Å²) in [7, 11) is 0. The Kier molecular flexibility index (Phi) is 6.03. The molecule has 0 aliphatic carbocycles. The topological polar surface area (TPSA) is 41.6 Å². The van der Waals surface area contributed by atoms with Crippen molar-refractivity contribution in [2.75, 3.05) is 19.7 Å². The number of halogens is 2. The maximum atomic E-state index is 12.8. The molecule has 3 rings (SSSR count). The first-order valence-corrected chi connectivity index (χ1v) is 7.63. The molecule has 0 saturated carbocycles. The van der Waals surface area contributed by atoms with E-state index in [-0.39, 0.29) is 24.1 Å². The molecule has 2 unspecified atom stereocenters. The minimum Gasteiger partial charge on any atom is -0.493 e. The molecule has 4 nitrogen and oxygen atoms in total. The molecule has 0 radical (unpaired) electrons. The van der Waals surface area contributed by atoms with E-state index in [1.54, 1.807) is 12.1 Å². The highest BCUT2D eigenvalue weighted by Crippen LogP contribution is 2.20. The van der Waals surface area contributed by atoms with Crippen LogP contribution in [0.25, 0.3) is 0 Å². The van der Waals surface area contributed by atoms with Crippen molar-refractivity contribution in [1.29, 1.82) is 0 Å². The van der Waals surface area contributed by atoms with Crippen molar-refractivity contribution in [2.24, 2.45) is 0 Å². The van der Waals surface area contributed by atoms with Gasteiger partial charge in [0.15, 0.2) is 0 Å². The fourth-order valence-electron chi connectivity index (χ4n) is 3.11. The zero-order valence-electron chi connectivity index (χ0n) is 12.5. The number of nitrogens with one attached hydrogen (secondary N) is 1. The molecule has 6 heteroatoms. The summed E-state index contributed by atoms with van der Waals surface area (Å²) in [6.45, 7) is 1.98. The van der Waals surface area contributed by atoms with Crippen molar-refractivity contribution in [3.8, 4) is 5.75 Å². The van der Waals surface area contributed by atoms with Crippen LogP contribution in [0.5, 0.6) is 5.75 Å². The molecule has 1 aromatic carbocycles. The highest BCUT2D eigenvalue weighted by atomic mass is 35.5. The van der Waals surface area contributed by atoms with Crippen LogP contribution in [0.1, 0.15) is 25.7 Å². The number of carbonyl (C=O) groups excluding carboxylic acids is 1. The van der Waals surface area contributed by atoms with Crippen LogP contribution in [0.2, 0.25) is 0 Å². The maximum absolute atomic E-state index is 12.8. The van der Waals surface area contributed by atoms with Crippen molar-refractivity contribution in [3.05, 3.63) is 30.1 Å². The van der Waals surface area contributed by atoms with E-state index >= 15 is 0 Å². The lowest BCUT2D eigenvalue weighted by molar-refractivity contribution is -0.131.